The third-order valence-corrected chi connectivity index (χ3v) is 3.13. The topological polar surface area (TPSA) is 69.6 Å². The van der Waals surface area contributed by atoms with Crippen LogP contribution in [0.5, 0.6) is 5.75 Å². The Balaban J connectivity index is 1.86. The van der Waals surface area contributed by atoms with Crippen LogP contribution < -0.4 is 16.0 Å². The maximum atomic E-state index is 12.1. The van der Waals surface area contributed by atoms with Crippen molar-refractivity contribution < 1.29 is 4.74 Å². The molecule has 0 unspecified atom stereocenters. The third-order valence-electron chi connectivity index (χ3n) is 3.13. The standard InChI is InChI=1S/C16H15N3O2/c1-11-2-7-15-18-13(8-16(20)19(15)9-11)10-21-14-5-3-12(17)4-6-14/h2-9H,10,17H2,1H3. The van der Waals surface area contributed by atoms with E-state index < -0.39 is 0 Å². The minimum absolute atomic E-state index is 0.111. The van der Waals surface area contributed by atoms with Gasteiger partial charge in [-0.05, 0) is 42.8 Å². The molecule has 2 heterocycles. The summed E-state index contributed by atoms with van der Waals surface area (Å²) < 4.78 is 7.14. The van der Waals surface area contributed by atoms with Gasteiger partial charge in [0.1, 0.15) is 18.0 Å². The molecule has 0 spiro atoms. The number of aryl methyl sites for hydroxylation is 1. The Kier molecular flexibility index (Phi) is 3.31. The second kappa shape index (κ2) is 5.28. The maximum absolute atomic E-state index is 12.1. The smallest absolute Gasteiger partial charge is 0.258 e. The molecule has 3 rings (SSSR count). The Morgan fingerprint density at radius 1 is 1.19 bits per heavy atom. The number of ether oxygens (including phenoxy) is 1. The fourth-order valence-corrected chi connectivity index (χ4v) is 2.05. The lowest BCUT2D eigenvalue weighted by Gasteiger charge is -2.07. The summed E-state index contributed by atoms with van der Waals surface area (Å²) in [6.07, 6.45) is 1.77. The first-order valence-electron chi connectivity index (χ1n) is 6.59. The van der Waals surface area contributed by atoms with E-state index >= 15 is 0 Å². The van der Waals surface area contributed by atoms with E-state index in [9.17, 15) is 4.79 Å². The molecule has 0 saturated heterocycles. The van der Waals surface area contributed by atoms with Crippen molar-refractivity contribution in [1.29, 1.82) is 0 Å². The predicted molar refractivity (Wildman–Crippen MR) is 81.4 cm³/mol. The van der Waals surface area contributed by atoms with Crippen LogP contribution >= 0.6 is 0 Å². The first kappa shape index (κ1) is 13.2. The Bertz CT molecular complexity index is 838. The lowest BCUT2D eigenvalue weighted by atomic mass is 10.3. The molecule has 0 atom stereocenters. The van der Waals surface area contributed by atoms with Gasteiger partial charge in [0.2, 0.25) is 0 Å². The number of hydrogen-bond acceptors (Lipinski definition) is 4. The van der Waals surface area contributed by atoms with E-state index in [2.05, 4.69) is 4.98 Å². The predicted octanol–water partition coefficient (Wildman–Crippen LogP) is 2.16. The maximum Gasteiger partial charge on any atom is 0.258 e. The fourth-order valence-electron chi connectivity index (χ4n) is 2.05. The number of anilines is 1. The van der Waals surface area contributed by atoms with Gasteiger partial charge in [0.05, 0.1) is 5.69 Å². The summed E-state index contributed by atoms with van der Waals surface area (Å²) in [6.45, 7) is 2.17. The van der Waals surface area contributed by atoms with Crippen LogP contribution in [0.25, 0.3) is 5.65 Å². The van der Waals surface area contributed by atoms with Crippen molar-refractivity contribution in [2.75, 3.05) is 5.73 Å². The second-order valence-electron chi connectivity index (χ2n) is 4.88. The lowest BCUT2D eigenvalue weighted by molar-refractivity contribution is 0.301. The Morgan fingerprint density at radius 3 is 2.71 bits per heavy atom. The number of nitrogen functional groups attached to an aromatic ring is 1. The Labute approximate surface area is 121 Å². The fraction of sp³-hybridized carbons (Fsp3) is 0.125. The molecular weight excluding hydrogens is 266 g/mol. The molecule has 0 bridgehead atoms. The first-order chi connectivity index (χ1) is 10.1. The van der Waals surface area contributed by atoms with Gasteiger partial charge in [-0.1, -0.05) is 6.07 Å². The van der Waals surface area contributed by atoms with Crippen molar-refractivity contribution in [2.45, 2.75) is 13.5 Å². The lowest BCUT2D eigenvalue weighted by Crippen LogP contribution is -2.16. The number of fused-ring (bicyclic) bond motifs is 1. The molecule has 5 nitrogen and oxygen atoms in total. The highest BCUT2D eigenvalue weighted by Crippen LogP contribution is 2.14. The Morgan fingerprint density at radius 2 is 1.95 bits per heavy atom. The van der Waals surface area contributed by atoms with Gasteiger partial charge in [-0.25, -0.2) is 4.98 Å². The van der Waals surface area contributed by atoms with Crippen LogP contribution in [0.1, 0.15) is 11.3 Å². The molecule has 2 N–H and O–H groups in total. The molecule has 5 heteroatoms. The summed E-state index contributed by atoms with van der Waals surface area (Å²) in [5.74, 6) is 0.690. The number of rotatable bonds is 3. The van der Waals surface area contributed by atoms with Gasteiger partial charge in [0.25, 0.3) is 5.56 Å². The summed E-state index contributed by atoms with van der Waals surface area (Å²) in [6, 6.07) is 12.3. The van der Waals surface area contributed by atoms with Gasteiger partial charge < -0.3 is 10.5 Å². The van der Waals surface area contributed by atoms with Crippen molar-refractivity contribution in [3.05, 3.63) is 70.3 Å². The normalized spacial score (nSPS) is 10.7. The third kappa shape index (κ3) is 2.86. The SMILES string of the molecule is Cc1ccc2nc(COc3ccc(N)cc3)cc(=O)n2c1. The van der Waals surface area contributed by atoms with E-state index in [1.807, 2.05) is 19.1 Å². The molecule has 106 valence electrons. The van der Waals surface area contributed by atoms with E-state index in [4.69, 9.17) is 10.5 Å². The number of pyridine rings is 1. The zero-order valence-corrected chi connectivity index (χ0v) is 11.6. The minimum Gasteiger partial charge on any atom is -0.487 e. The molecule has 0 fully saturated rings. The molecule has 0 aliphatic rings. The molecule has 0 aliphatic carbocycles. The van der Waals surface area contributed by atoms with Crippen molar-refractivity contribution >= 4 is 11.3 Å². The van der Waals surface area contributed by atoms with E-state index in [0.717, 1.165) is 5.56 Å². The van der Waals surface area contributed by atoms with Gasteiger partial charge >= 0.3 is 0 Å². The highest BCUT2D eigenvalue weighted by atomic mass is 16.5. The van der Waals surface area contributed by atoms with Crippen molar-refractivity contribution in [1.82, 2.24) is 9.38 Å². The van der Waals surface area contributed by atoms with Crippen LogP contribution in [0.3, 0.4) is 0 Å². The van der Waals surface area contributed by atoms with Crippen LogP contribution in [-0.4, -0.2) is 9.38 Å². The zero-order valence-electron chi connectivity index (χ0n) is 11.6. The molecule has 3 aromatic rings. The van der Waals surface area contributed by atoms with Crippen molar-refractivity contribution in [3.8, 4) is 5.75 Å². The van der Waals surface area contributed by atoms with Crippen molar-refractivity contribution in [2.24, 2.45) is 0 Å². The van der Waals surface area contributed by atoms with Crippen LogP contribution in [-0.2, 0) is 6.61 Å². The molecular formula is C16H15N3O2. The van der Waals surface area contributed by atoms with Crippen LogP contribution in [0.15, 0.2) is 53.5 Å². The summed E-state index contributed by atoms with van der Waals surface area (Å²) in [7, 11) is 0. The summed E-state index contributed by atoms with van der Waals surface area (Å²) in [5, 5.41) is 0. The van der Waals surface area contributed by atoms with Crippen LogP contribution in [0.4, 0.5) is 5.69 Å². The average Bonchev–Trinajstić information content (AvgIpc) is 2.47. The van der Waals surface area contributed by atoms with E-state index in [-0.39, 0.29) is 12.2 Å². The monoisotopic (exact) mass is 281 g/mol. The first-order valence-corrected chi connectivity index (χ1v) is 6.59. The van der Waals surface area contributed by atoms with E-state index in [1.165, 1.54) is 10.5 Å². The van der Waals surface area contributed by atoms with E-state index in [0.29, 0.717) is 22.8 Å². The van der Waals surface area contributed by atoms with Crippen LogP contribution in [0, 0.1) is 6.92 Å². The summed E-state index contributed by atoms with van der Waals surface area (Å²) >= 11 is 0. The summed E-state index contributed by atoms with van der Waals surface area (Å²) in [5.41, 5.74) is 8.41. The zero-order chi connectivity index (χ0) is 14.8. The molecule has 21 heavy (non-hydrogen) atoms. The average molecular weight is 281 g/mol. The largest absolute Gasteiger partial charge is 0.487 e. The molecule has 0 saturated carbocycles. The van der Waals surface area contributed by atoms with E-state index in [1.54, 1.807) is 30.5 Å². The number of aromatic nitrogens is 2. The van der Waals surface area contributed by atoms with Gasteiger partial charge in [0.15, 0.2) is 0 Å². The van der Waals surface area contributed by atoms with Gasteiger partial charge in [0, 0.05) is 18.0 Å². The molecule has 0 radical (unpaired) electrons. The highest BCUT2D eigenvalue weighted by molar-refractivity contribution is 5.42. The number of benzene rings is 1. The van der Waals surface area contributed by atoms with Gasteiger partial charge in [-0.15, -0.1) is 0 Å². The van der Waals surface area contributed by atoms with Gasteiger partial charge in [-0.2, -0.15) is 0 Å². The van der Waals surface area contributed by atoms with Crippen LogP contribution in [0.2, 0.25) is 0 Å². The Hall–Kier alpha value is -2.82. The second-order valence-corrected chi connectivity index (χ2v) is 4.88. The molecule has 1 aromatic carbocycles. The highest BCUT2D eigenvalue weighted by Gasteiger charge is 2.03. The quantitative estimate of drug-likeness (QED) is 0.747. The molecule has 0 amide bonds. The van der Waals surface area contributed by atoms with Gasteiger partial charge in [-0.3, -0.25) is 9.20 Å². The number of hydrogen-bond donors (Lipinski definition) is 1. The number of nitrogens with zero attached hydrogens (tertiary/aromatic N) is 2. The summed E-state index contributed by atoms with van der Waals surface area (Å²) in [4.78, 5) is 16.5. The molecule has 2 aromatic heterocycles. The minimum atomic E-state index is -0.111. The molecule has 0 aliphatic heterocycles. The number of nitrogens with two attached hydrogens (primary N) is 1. The van der Waals surface area contributed by atoms with Crippen molar-refractivity contribution in [3.63, 3.8) is 0 Å².